The molecule has 2 rings (SSSR count). The van der Waals surface area contributed by atoms with Gasteiger partial charge in [-0.2, -0.15) is 0 Å². The van der Waals surface area contributed by atoms with Crippen molar-refractivity contribution in [3.63, 3.8) is 0 Å². The van der Waals surface area contributed by atoms with E-state index in [-0.39, 0.29) is 6.04 Å². The lowest BCUT2D eigenvalue weighted by Gasteiger charge is -2.26. The quantitative estimate of drug-likeness (QED) is 0.674. The standard InChI is InChI=1S/C15H16N2O2/c1-12(18)19-17(16)15(13-8-4-2-5-9-13)14-10-6-3-7-11-14/h2-11,15H,16H2,1H3. The summed E-state index contributed by atoms with van der Waals surface area (Å²) >= 11 is 0. The summed E-state index contributed by atoms with van der Waals surface area (Å²) in [5, 5.41) is 1.09. The first-order valence-electron chi connectivity index (χ1n) is 6.01. The Bertz CT molecular complexity index is 489. The van der Waals surface area contributed by atoms with Crippen molar-refractivity contribution in [3.8, 4) is 0 Å². The second-order valence-corrected chi connectivity index (χ2v) is 4.17. The highest BCUT2D eigenvalue weighted by Crippen LogP contribution is 2.26. The van der Waals surface area contributed by atoms with E-state index in [1.54, 1.807) is 0 Å². The van der Waals surface area contributed by atoms with E-state index in [1.165, 1.54) is 6.92 Å². The summed E-state index contributed by atoms with van der Waals surface area (Å²) in [6.07, 6.45) is 0. The summed E-state index contributed by atoms with van der Waals surface area (Å²) in [6, 6.07) is 19.0. The van der Waals surface area contributed by atoms with E-state index in [1.807, 2.05) is 60.7 Å². The highest BCUT2D eigenvalue weighted by molar-refractivity contribution is 5.65. The SMILES string of the molecule is CC(=O)ON(N)C(c1ccccc1)c1ccccc1. The summed E-state index contributed by atoms with van der Waals surface area (Å²) in [5.41, 5.74) is 1.91. The highest BCUT2D eigenvalue weighted by Gasteiger charge is 2.22. The summed E-state index contributed by atoms with van der Waals surface area (Å²) in [6.45, 7) is 1.33. The number of carbonyl (C=O) groups is 1. The molecule has 0 aliphatic rings. The third-order valence-electron chi connectivity index (χ3n) is 2.72. The number of nitrogens with two attached hydrogens (primary N) is 1. The van der Waals surface area contributed by atoms with Gasteiger partial charge in [0.2, 0.25) is 0 Å². The van der Waals surface area contributed by atoms with Gasteiger partial charge < -0.3 is 4.84 Å². The molecule has 0 radical (unpaired) electrons. The Morgan fingerprint density at radius 2 is 1.42 bits per heavy atom. The lowest BCUT2D eigenvalue weighted by molar-refractivity contribution is -0.198. The third kappa shape index (κ3) is 3.40. The zero-order valence-electron chi connectivity index (χ0n) is 10.7. The molecule has 0 spiro atoms. The Hall–Kier alpha value is -2.17. The summed E-state index contributed by atoms with van der Waals surface area (Å²) < 4.78 is 0. The van der Waals surface area contributed by atoms with Crippen LogP contribution in [-0.4, -0.2) is 11.1 Å². The van der Waals surface area contributed by atoms with E-state index in [4.69, 9.17) is 10.7 Å². The zero-order chi connectivity index (χ0) is 13.7. The van der Waals surface area contributed by atoms with Crippen LogP contribution in [0.2, 0.25) is 0 Å². The molecule has 0 fully saturated rings. The van der Waals surface area contributed by atoms with Crippen molar-refractivity contribution in [2.24, 2.45) is 5.84 Å². The number of hydrogen-bond donors (Lipinski definition) is 1. The van der Waals surface area contributed by atoms with Crippen LogP contribution >= 0.6 is 0 Å². The van der Waals surface area contributed by atoms with Crippen molar-refractivity contribution < 1.29 is 9.63 Å². The molecular weight excluding hydrogens is 240 g/mol. The van der Waals surface area contributed by atoms with Gasteiger partial charge in [-0.05, 0) is 11.1 Å². The van der Waals surface area contributed by atoms with Crippen LogP contribution in [0.15, 0.2) is 60.7 Å². The molecule has 0 heterocycles. The third-order valence-corrected chi connectivity index (χ3v) is 2.72. The van der Waals surface area contributed by atoms with Crippen LogP contribution < -0.4 is 5.84 Å². The number of nitrogens with zero attached hydrogens (tertiary/aromatic N) is 1. The van der Waals surface area contributed by atoms with Crippen molar-refractivity contribution in [3.05, 3.63) is 71.8 Å². The van der Waals surface area contributed by atoms with Gasteiger partial charge >= 0.3 is 5.97 Å². The van der Waals surface area contributed by atoms with Gasteiger partial charge in [-0.15, -0.1) is 0 Å². The number of hydroxylamine groups is 1. The van der Waals surface area contributed by atoms with E-state index >= 15 is 0 Å². The molecule has 2 N–H and O–H groups in total. The van der Waals surface area contributed by atoms with Crippen LogP contribution in [-0.2, 0) is 9.63 Å². The molecule has 4 nitrogen and oxygen atoms in total. The number of carbonyl (C=O) groups excluding carboxylic acids is 1. The van der Waals surface area contributed by atoms with E-state index < -0.39 is 5.97 Å². The van der Waals surface area contributed by atoms with Crippen molar-refractivity contribution in [2.45, 2.75) is 13.0 Å². The molecule has 0 aliphatic carbocycles. The molecule has 0 saturated heterocycles. The van der Waals surface area contributed by atoms with Crippen molar-refractivity contribution in [2.75, 3.05) is 0 Å². The summed E-state index contributed by atoms with van der Waals surface area (Å²) in [4.78, 5) is 16.1. The molecule has 0 unspecified atom stereocenters. The molecule has 2 aromatic carbocycles. The fourth-order valence-electron chi connectivity index (χ4n) is 1.96. The monoisotopic (exact) mass is 256 g/mol. The summed E-state index contributed by atoms with van der Waals surface area (Å²) in [5.74, 6) is 5.43. The van der Waals surface area contributed by atoms with Crippen LogP contribution in [0.3, 0.4) is 0 Å². The topological polar surface area (TPSA) is 55.6 Å². The maximum absolute atomic E-state index is 11.1. The van der Waals surface area contributed by atoms with Gasteiger partial charge in [0.15, 0.2) is 0 Å². The largest absolute Gasteiger partial charge is 0.353 e. The van der Waals surface area contributed by atoms with Crippen molar-refractivity contribution in [1.29, 1.82) is 0 Å². The van der Waals surface area contributed by atoms with Crippen LogP contribution in [0.25, 0.3) is 0 Å². The van der Waals surface area contributed by atoms with Gasteiger partial charge in [0, 0.05) is 6.92 Å². The van der Waals surface area contributed by atoms with Gasteiger partial charge in [-0.3, -0.25) is 4.79 Å². The van der Waals surface area contributed by atoms with E-state index in [0.717, 1.165) is 16.3 Å². The Morgan fingerprint density at radius 3 is 1.79 bits per heavy atom. The molecule has 19 heavy (non-hydrogen) atoms. The smallest absolute Gasteiger partial charge is 0.323 e. The molecule has 0 aromatic heterocycles. The number of rotatable bonds is 4. The van der Waals surface area contributed by atoms with Gasteiger partial charge in [0.25, 0.3) is 0 Å². The van der Waals surface area contributed by atoms with Crippen LogP contribution in [0.4, 0.5) is 0 Å². The minimum Gasteiger partial charge on any atom is -0.353 e. The Morgan fingerprint density at radius 1 is 1.00 bits per heavy atom. The summed E-state index contributed by atoms with van der Waals surface area (Å²) in [7, 11) is 0. The highest BCUT2D eigenvalue weighted by atomic mass is 16.7. The first kappa shape index (κ1) is 13.3. The van der Waals surface area contributed by atoms with Gasteiger partial charge in [-0.1, -0.05) is 65.8 Å². The number of benzene rings is 2. The average Bonchev–Trinajstić information content (AvgIpc) is 2.40. The van der Waals surface area contributed by atoms with Crippen molar-refractivity contribution >= 4 is 5.97 Å². The second kappa shape index (κ2) is 6.13. The normalized spacial score (nSPS) is 10.7. The van der Waals surface area contributed by atoms with Gasteiger partial charge in [0.05, 0.1) is 0 Å². The minimum atomic E-state index is -0.445. The van der Waals surface area contributed by atoms with Gasteiger partial charge in [-0.25, -0.2) is 5.84 Å². The zero-order valence-corrected chi connectivity index (χ0v) is 10.7. The molecule has 0 atom stereocenters. The molecule has 4 heteroatoms. The lowest BCUT2D eigenvalue weighted by Crippen LogP contribution is -2.37. The maximum atomic E-state index is 11.1. The van der Waals surface area contributed by atoms with E-state index in [9.17, 15) is 4.79 Å². The predicted molar refractivity (Wildman–Crippen MR) is 72.5 cm³/mol. The minimum absolute atomic E-state index is 0.328. The molecule has 0 bridgehead atoms. The fourth-order valence-corrected chi connectivity index (χ4v) is 1.96. The Kier molecular flexibility index (Phi) is 4.28. The predicted octanol–water partition coefficient (Wildman–Crippen LogP) is 2.43. The Balaban J connectivity index is 2.37. The molecule has 2 aromatic rings. The van der Waals surface area contributed by atoms with Gasteiger partial charge in [0.1, 0.15) is 6.04 Å². The lowest BCUT2D eigenvalue weighted by atomic mass is 9.99. The number of hydrogen-bond acceptors (Lipinski definition) is 4. The van der Waals surface area contributed by atoms with E-state index in [2.05, 4.69) is 0 Å². The molecule has 98 valence electrons. The van der Waals surface area contributed by atoms with Crippen molar-refractivity contribution in [1.82, 2.24) is 5.17 Å². The number of hydrazine groups is 1. The molecule has 0 saturated carbocycles. The van der Waals surface area contributed by atoms with Crippen LogP contribution in [0.1, 0.15) is 24.1 Å². The molecule has 0 amide bonds. The van der Waals surface area contributed by atoms with Crippen LogP contribution in [0, 0.1) is 0 Å². The second-order valence-electron chi connectivity index (χ2n) is 4.17. The Labute approximate surface area is 112 Å². The first-order chi connectivity index (χ1) is 9.18. The molecular formula is C15H16N2O2. The fraction of sp³-hybridized carbons (Fsp3) is 0.133. The van der Waals surface area contributed by atoms with E-state index in [0.29, 0.717) is 0 Å². The molecule has 0 aliphatic heterocycles. The first-order valence-corrected chi connectivity index (χ1v) is 6.01. The van der Waals surface area contributed by atoms with Crippen LogP contribution in [0.5, 0.6) is 0 Å². The maximum Gasteiger partial charge on any atom is 0.323 e. The average molecular weight is 256 g/mol.